The largest absolute Gasteiger partial charge is 0.321 e. The summed E-state index contributed by atoms with van der Waals surface area (Å²) in [5, 5.41) is 11.3. The summed E-state index contributed by atoms with van der Waals surface area (Å²) in [6.45, 7) is 1.82. The van der Waals surface area contributed by atoms with E-state index < -0.39 is 9.84 Å². The Balaban J connectivity index is 1.49. The first-order valence-electron chi connectivity index (χ1n) is 9.30. The summed E-state index contributed by atoms with van der Waals surface area (Å²) in [7, 11) is -3.39. The van der Waals surface area contributed by atoms with Crippen molar-refractivity contribution in [1.82, 2.24) is 15.2 Å². The van der Waals surface area contributed by atoms with Crippen LogP contribution in [-0.4, -0.2) is 35.8 Å². The van der Waals surface area contributed by atoms with Gasteiger partial charge in [-0.25, -0.2) is 13.4 Å². The number of nitrogens with one attached hydrogen (secondary N) is 1. The first-order chi connectivity index (χ1) is 14.8. The monoisotopic (exact) mass is 450 g/mol. The smallest absolute Gasteiger partial charge is 0.267 e. The maximum atomic E-state index is 12.7. The minimum Gasteiger partial charge on any atom is -0.321 e. The minimum atomic E-state index is -3.39. The van der Waals surface area contributed by atoms with E-state index in [0.717, 1.165) is 22.4 Å². The molecule has 0 atom stereocenters. The van der Waals surface area contributed by atoms with E-state index >= 15 is 0 Å². The van der Waals surface area contributed by atoms with E-state index in [9.17, 15) is 13.2 Å². The van der Waals surface area contributed by atoms with Crippen LogP contribution in [0.25, 0.3) is 21.8 Å². The summed E-state index contributed by atoms with van der Waals surface area (Å²) < 4.78 is 23.0. The Morgan fingerprint density at radius 2 is 1.61 bits per heavy atom. The van der Waals surface area contributed by atoms with Crippen LogP contribution in [0.1, 0.15) is 15.4 Å². The van der Waals surface area contributed by atoms with E-state index in [1.807, 2.05) is 37.3 Å². The molecule has 1 N–H and O–H groups in total. The molecule has 4 aromatic rings. The number of aromatic nitrogens is 3. The van der Waals surface area contributed by atoms with Gasteiger partial charge in [-0.15, -0.1) is 21.5 Å². The highest BCUT2D eigenvalue weighted by Crippen LogP contribution is 2.28. The van der Waals surface area contributed by atoms with Crippen molar-refractivity contribution in [2.45, 2.75) is 11.9 Å². The topological polar surface area (TPSA) is 102 Å². The summed E-state index contributed by atoms with van der Waals surface area (Å²) in [6, 6.07) is 19.8. The van der Waals surface area contributed by atoms with Crippen LogP contribution in [-0.2, 0) is 9.84 Å². The van der Waals surface area contributed by atoms with Gasteiger partial charge in [0.2, 0.25) is 0 Å². The van der Waals surface area contributed by atoms with E-state index in [-0.39, 0.29) is 10.9 Å². The van der Waals surface area contributed by atoms with E-state index in [1.54, 1.807) is 30.3 Å². The fourth-order valence-corrected chi connectivity index (χ4v) is 4.37. The second kappa shape index (κ2) is 8.37. The van der Waals surface area contributed by atoms with Crippen molar-refractivity contribution in [1.29, 1.82) is 0 Å². The third-order valence-electron chi connectivity index (χ3n) is 4.48. The predicted molar refractivity (Wildman–Crippen MR) is 121 cm³/mol. The molecule has 0 aliphatic carbocycles. The molecule has 2 aromatic heterocycles. The van der Waals surface area contributed by atoms with Gasteiger partial charge >= 0.3 is 0 Å². The fraction of sp³-hybridized carbons (Fsp3) is 0.0909. The lowest BCUT2D eigenvalue weighted by Gasteiger charge is -2.06. The summed E-state index contributed by atoms with van der Waals surface area (Å²) >= 11 is 1.35. The molecule has 0 aliphatic heterocycles. The number of anilines is 1. The number of hydrogen-bond donors (Lipinski definition) is 1. The zero-order valence-corrected chi connectivity index (χ0v) is 18.4. The number of carbonyl (C=O) groups is 1. The Hall–Kier alpha value is -3.43. The van der Waals surface area contributed by atoms with E-state index in [4.69, 9.17) is 0 Å². The van der Waals surface area contributed by atoms with Crippen LogP contribution in [0.4, 0.5) is 5.69 Å². The van der Waals surface area contributed by atoms with Gasteiger partial charge in [-0.3, -0.25) is 4.79 Å². The van der Waals surface area contributed by atoms with Gasteiger partial charge in [0, 0.05) is 23.1 Å². The first kappa shape index (κ1) is 20.8. The first-order valence-corrected chi connectivity index (χ1v) is 12.0. The number of carbonyl (C=O) groups excluding carboxylic acids is 1. The fourth-order valence-electron chi connectivity index (χ4n) is 2.90. The highest BCUT2D eigenvalue weighted by molar-refractivity contribution is 7.90. The Labute approximate surface area is 183 Å². The Bertz CT molecular complexity index is 1330. The summed E-state index contributed by atoms with van der Waals surface area (Å²) in [5.41, 5.74) is 3.58. The van der Waals surface area contributed by atoms with Crippen LogP contribution in [0.3, 0.4) is 0 Å². The lowest BCUT2D eigenvalue weighted by atomic mass is 10.1. The molecule has 0 radical (unpaired) electrons. The van der Waals surface area contributed by atoms with Gasteiger partial charge in [-0.1, -0.05) is 42.5 Å². The van der Waals surface area contributed by atoms with Gasteiger partial charge in [-0.2, -0.15) is 0 Å². The van der Waals surface area contributed by atoms with Gasteiger partial charge in [-0.05, 0) is 31.2 Å². The molecule has 2 aromatic carbocycles. The second-order valence-electron chi connectivity index (χ2n) is 6.86. The lowest BCUT2D eigenvalue weighted by molar-refractivity contribution is 0.103. The van der Waals surface area contributed by atoms with Gasteiger partial charge < -0.3 is 5.32 Å². The lowest BCUT2D eigenvalue weighted by Crippen LogP contribution is -2.11. The molecule has 0 fully saturated rings. The molecule has 0 unspecified atom stereocenters. The number of sulfone groups is 1. The Morgan fingerprint density at radius 1 is 0.903 bits per heavy atom. The van der Waals surface area contributed by atoms with Crippen LogP contribution < -0.4 is 5.32 Å². The summed E-state index contributed by atoms with van der Waals surface area (Å²) in [6.07, 6.45) is 1.09. The zero-order chi connectivity index (χ0) is 22.0. The molecule has 0 aliphatic rings. The van der Waals surface area contributed by atoms with Crippen LogP contribution >= 0.6 is 11.3 Å². The average molecular weight is 451 g/mol. The Kier molecular flexibility index (Phi) is 5.62. The van der Waals surface area contributed by atoms with Crippen LogP contribution in [0, 0.1) is 6.92 Å². The van der Waals surface area contributed by atoms with Gasteiger partial charge in [0.1, 0.15) is 9.88 Å². The molecule has 2 heterocycles. The molecule has 0 saturated carbocycles. The van der Waals surface area contributed by atoms with E-state index in [0.29, 0.717) is 22.0 Å². The molecule has 4 rings (SSSR count). The number of rotatable bonds is 5. The molecule has 1 amide bonds. The number of thiazole rings is 1. The molecule has 0 bridgehead atoms. The maximum absolute atomic E-state index is 12.7. The molecule has 0 spiro atoms. The number of amides is 1. The molecule has 156 valence electrons. The molecule has 7 nitrogen and oxygen atoms in total. The van der Waals surface area contributed by atoms with Crippen molar-refractivity contribution in [3.8, 4) is 21.8 Å². The van der Waals surface area contributed by atoms with Crippen molar-refractivity contribution in [3.63, 3.8) is 0 Å². The molecular weight excluding hydrogens is 432 g/mol. The quantitative estimate of drug-likeness (QED) is 0.488. The van der Waals surface area contributed by atoms with Gasteiger partial charge in [0.25, 0.3) is 5.91 Å². The molecule has 9 heteroatoms. The standard InChI is InChI=1S/C22H18N4O3S2/c1-14-20(30-22(23-14)16-6-4-3-5-7-16)21(27)24-17-10-8-15(9-11-17)18-12-13-19(26-25-18)31(2,28)29/h3-13H,1-2H3,(H,24,27). The molecular formula is C22H18N4O3S2. The average Bonchev–Trinajstić information content (AvgIpc) is 3.16. The zero-order valence-electron chi connectivity index (χ0n) is 16.7. The Morgan fingerprint density at radius 3 is 2.23 bits per heavy atom. The highest BCUT2D eigenvalue weighted by atomic mass is 32.2. The predicted octanol–water partition coefficient (Wildman–Crippen LogP) is 4.23. The minimum absolute atomic E-state index is 0.0741. The van der Waals surface area contributed by atoms with E-state index in [1.165, 1.54) is 17.4 Å². The van der Waals surface area contributed by atoms with Crippen molar-refractivity contribution in [3.05, 3.63) is 77.3 Å². The third-order valence-corrected chi connectivity index (χ3v) is 6.66. The third kappa shape index (κ3) is 4.68. The van der Waals surface area contributed by atoms with Crippen molar-refractivity contribution >= 4 is 32.8 Å². The van der Waals surface area contributed by atoms with Crippen molar-refractivity contribution in [2.75, 3.05) is 11.6 Å². The van der Waals surface area contributed by atoms with Crippen molar-refractivity contribution < 1.29 is 13.2 Å². The highest BCUT2D eigenvalue weighted by Gasteiger charge is 2.16. The molecule has 31 heavy (non-hydrogen) atoms. The number of aryl methyl sites for hydroxylation is 1. The van der Waals surface area contributed by atoms with Crippen LogP contribution in [0.5, 0.6) is 0 Å². The van der Waals surface area contributed by atoms with E-state index in [2.05, 4.69) is 20.5 Å². The van der Waals surface area contributed by atoms with Gasteiger partial charge in [0.15, 0.2) is 14.9 Å². The van der Waals surface area contributed by atoms with Crippen molar-refractivity contribution in [2.24, 2.45) is 0 Å². The normalized spacial score (nSPS) is 11.3. The number of hydrogen-bond acceptors (Lipinski definition) is 7. The molecule has 0 saturated heterocycles. The maximum Gasteiger partial charge on any atom is 0.267 e. The number of benzene rings is 2. The summed E-state index contributed by atoms with van der Waals surface area (Å²) in [4.78, 5) is 17.8. The number of nitrogens with zero attached hydrogens (tertiary/aromatic N) is 3. The second-order valence-corrected chi connectivity index (χ2v) is 9.82. The SMILES string of the molecule is Cc1nc(-c2ccccc2)sc1C(=O)Nc1ccc(-c2ccc(S(C)(=O)=O)nn2)cc1. The van der Waals surface area contributed by atoms with Crippen LogP contribution in [0.15, 0.2) is 71.8 Å². The van der Waals surface area contributed by atoms with Crippen LogP contribution in [0.2, 0.25) is 0 Å². The van der Waals surface area contributed by atoms with Gasteiger partial charge in [0.05, 0.1) is 11.4 Å². The summed E-state index contributed by atoms with van der Waals surface area (Å²) in [5.74, 6) is -0.220.